The van der Waals surface area contributed by atoms with Crippen LogP contribution in [0.5, 0.6) is 0 Å². The summed E-state index contributed by atoms with van der Waals surface area (Å²) in [7, 11) is 1.20. The van der Waals surface area contributed by atoms with E-state index in [1.807, 2.05) is 0 Å². The Morgan fingerprint density at radius 3 is 1.73 bits per heavy atom. The zero-order valence-corrected chi connectivity index (χ0v) is 8.73. The van der Waals surface area contributed by atoms with Crippen LogP contribution in [-0.2, 0) is 0 Å². The van der Waals surface area contributed by atoms with E-state index in [4.69, 9.17) is 0 Å². The first kappa shape index (κ1) is 9.52. The molecule has 0 N–H and O–H groups in total. The third kappa shape index (κ3) is 4.11. The highest BCUT2D eigenvalue weighted by atomic mass is 31.1. The maximum atomic E-state index is 2.38. The lowest BCUT2D eigenvalue weighted by molar-refractivity contribution is 0.624. The molecule has 0 nitrogen and oxygen atoms in total. The average molecular weight is 172 g/mol. The van der Waals surface area contributed by atoms with Gasteiger partial charge in [0.25, 0.3) is 0 Å². The van der Waals surface area contributed by atoms with Crippen LogP contribution in [0, 0.1) is 0 Å². The first-order valence-corrected chi connectivity index (χ1v) is 6.68. The Morgan fingerprint density at radius 2 is 1.27 bits per heavy atom. The van der Waals surface area contributed by atoms with Gasteiger partial charge in [0.15, 0.2) is 0 Å². The molecule has 0 heterocycles. The molecule has 66 valence electrons. The second kappa shape index (κ2) is 6.00. The largest absolute Gasteiger partial charge is 0.122 e. The third-order valence-electron chi connectivity index (χ3n) is 2.76. The Morgan fingerprint density at radius 1 is 0.818 bits per heavy atom. The van der Waals surface area contributed by atoms with Crippen molar-refractivity contribution in [2.24, 2.45) is 0 Å². The maximum Gasteiger partial charge on any atom is -0.0239 e. The first-order chi connectivity index (χ1) is 5.43. The highest BCUT2D eigenvalue weighted by Gasteiger charge is 2.07. The zero-order valence-electron chi connectivity index (χ0n) is 7.73. The van der Waals surface area contributed by atoms with Gasteiger partial charge in [-0.15, -0.1) is 8.58 Å². The number of rotatable bonds is 1. The van der Waals surface area contributed by atoms with Gasteiger partial charge >= 0.3 is 0 Å². The van der Waals surface area contributed by atoms with Crippen molar-refractivity contribution < 1.29 is 0 Å². The monoisotopic (exact) mass is 172 g/mol. The Labute approximate surface area is 72.9 Å². The molecule has 0 aromatic heterocycles. The number of hydrogen-bond acceptors (Lipinski definition) is 0. The summed E-state index contributed by atoms with van der Waals surface area (Å²) in [6.45, 7) is 2.38. The lowest BCUT2D eigenvalue weighted by Gasteiger charge is -2.12. The van der Waals surface area contributed by atoms with Crippen LogP contribution in [0.3, 0.4) is 0 Å². The summed E-state index contributed by atoms with van der Waals surface area (Å²) in [6, 6.07) is 0. The Kier molecular flexibility index (Phi) is 5.19. The van der Waals surface area contributed by atoms with Gasteiger partial charge in [-0.3, -0.25) is 0 Å². The summed E-state index contributed by atoms with van der Waals surface area (Å²) in [4.78, 5) is 0. The van der Waals surface area contributed by atoms with Crippen molar-refractivity contribution in [1.29, 1.82) is 0 Å². The minimum atomic E-state index is 1.09. The van der Waals surface area contributed by atoms with Crippen molar-refractivity contribution in [2.45, 2.75) is 57.0 Å². The van der Waals surface area contributed by atoms with Gasteiger partial charge < -0.3 is 0 Å². The molecule has 0 bridgehead atoms. The lowest BCUT2D eigenvalue weighted by Crippen LogP contribution is -1.98. The fourth-order valence-electron chi connectivity index (χ4n) is 1.92. The van der Waals surface area contributed by atoms with Crippen LogP contribution >= 0.6 is 8.58 Å². The van der Waals surface area contributed by atoms with Crippen LogP contribution in [-0.4, -0.2) is 12.3 Å². The van der Waals surface area contributed by atoms with E-state index < -0.39 is 0 Å². The van der Waals surface area contributed by atoms with E-state index in [2.05, 4.69) is 6.66 Å². The quantitative estimate of drug-likeness (QED) is 0.528. The third-order valence-corrected chi connectivity index (χ3v) is 4.16. The minimum absolute atomic E-state index is 1.09. The normalized spacial score (nSPS) is 24.8. The second-order valence-electron chi connectivity index (χ2n) is 3.68. The maximum absolute atomic E-state index is 2.38. The molecule has 0 radical (unpaired) electrons. The minimum Gasteiger partial charge on any atom is -0.122 e. The van der Waals surface area contributed by atoms with Crippen molar-refractivity contribution in [1.82, 2.24) is 0 Å². The van der Waals surface area contributed by atoms with Gasteiger partial charge in [-0.05, 0) is 25.2 Å². The molecule has 1 aliphatic rings. The Hall–Kier alpha value is 0.430. The number of hydrogen-bond donors (Lipinski definition) is 0. The van der Waals surface area contributed by atoms with Crippen molar-refractivity contribution in [3.63, 3.8) is 0 Å². The first-order valence-electron chi connectivity index (χ1n) is 5.11. The van der Waals surface area contributed by atoms with Crippen molar-refractivity contribution >= 4 is 8.58 Å². The van der Waals surface area contributed by atoms with E-state index in [1.54, 1.807) is 0 Å². The Bertz CT molecular complexity index is 80.9. The van der Waals surface area contributed by atoms with E-state index in [0.717, 1.165) is 5.66 Å². The van der Waals surface area contributed by atoms with Crippen LogP contribution in [0.25, 0.3) is 0 Å². The van der Waals surface area contributed by atoms with E-state index in [0.29, 0.717) is 0 Å². The fraction of sp³-hybridized carbons (Fsp3) is 1.00. The highest BCUT2D eigenvalue weighted by Crippen LogP contribution is 2.27. The van der Waals surface area contributed by atoms with Gasteiger partial charge in [-0.2, -0.15) is 0 Å². The summed E-state index contributed by atoms with van der Waals surface area (Å²) in [5.74, 6) is 0. The van der Waals surface area contributed by atoms with Crippen molar-refractivity contribution in [3.8, 4) is 0 Å². The topological polar surface area (TPSA) is 0 Å². The van der Waals surface area contributed by atoms with Crippen LogP contribution in [0.4, 0.5) is 0 Å². The summed E-state index contributed by atoms with van der Waals surface area (Å²) in [6.07, 6.45) is 12.1. The van der Waals surface area contributed by atoms with Crippen LogP contribution in [0.1, 0.15) is 51.4 Å². The molecule has 1 heteroatoms. The molecule has 0 spiro atoms. The molecule has 0 amide bonds. The van der Waals surface area contributed by atoms with Crippen LogP contribution < -0.4 is 0 Å². The smallest absolute Gasteiger partial charge is 0.0239 e. The predicted molar refractivity (Wildman–Crippen MR) is 55.0 cm³/mol. The molecule has 11 heavy (non-hydrogen) atoms. The van der Waals surface area contributed by atoms with Gasteiger partial charge in [0.1, 0.15) is 0 Å². The van der Waals surface area contributed by atoms with Gasteiger partial charge in [0.05, 0.1) is 0 Å². The standard InChI is InChI=1S/C10H21P/c1-11-10-8-6-4-2-3-5-7-9-10/h10-11H,2-9H2,1H3. The van der Waals surface area contributed by atoms with E-state index in [1.165, 1.54) is 59.9 Å². The molecule has 0 aromatic rings. The zero-order chi connectivity index (χ0) is 7.94. The highest BCUT2D eigenvalue weighted by molar-refractivity contribution is 7.37. The SMILES string of the molecule is CPC1CCCCCCCC1. The van der Waals surface area contributed by atoms with E-state index >= 15 is 0 Å². The molecule has 1 rings (SSSR count). The summed E-state index contributed by atoms with van der Waals surface area (Å²) in [5, 5.41) is 0. The summed E-state index contributed by atoms with van der Waals surface area (Å²) >= 11 is 0. The van der Waals surface area contributed by atoms with Crippen molar-refractivity contribution in [2.75, 3.05) is 6.66 Å². The van der Waals surface area contributed by atoms with E-state index in [9.17, 15) is 0 Å². The molecule has 0 aliphatic heterocycles. The van der Waals surface area contributed by atoms with Gasteiger partial charge in [0.2, 0.25) is 0 Å². The molecular weight excluding hydrogens is 151 g/mol. The molecule has 1 aliphatic carbocycles. The van der Waals surface area contributed by atoms with Crippen LogP contribution in [0.15, 0.2) is 0 Å². The van der Waals surface area contributed by atoms with Gasteiger partial charge in [-0.25, -0.2) is 0 Å². The van der Waals surface area contributed by atoms with Crippen LogP contribution in [0.2, 0.25) is 0 Å². The summed E-state index contributed by atoms with van der Waals surface area (Å²) in [5.41, 5.74) is 1.09. The Balaban J connectivity index is 2.19. The van der Waals surface area contributed by atoms with Gasteiger partial charge in [-0.1, -0.05) is 38.5 Å². The van der Waals surface area contributed by atoms with Gasteiger partial charge in [0, 0.05) is 0 Å². The second-order valence-corrected chi connectivity index (χ2v) is 5.08. The molecular formula is C10H21P. The van der Waals surface area contributed by atoms with Crippen molar-refractivity contribution in [3.05, 3.63) is 0 Å². The average Bonchev–Trinajstić information content (AvgIpc) is 2.16. The molecule has 1 unspecified atom stereocenters. The molecule has 0 saturated heterocycles. The lowest BCUT2D eigenvalue weighted by atomic mass is 10.1. The fourth-order valence-corrected chi connectivity index (χ4v) is 2.91. The summed E-state index contributed by atoms with van der Waals surface area (Å²) < 4.78 is 0. The van der Waals surface area contributed by atoms with E-state index in [-0.39, 0.29) is 0 Å². The molecule has 1 fully saturated rings. The predicted octanol–water partition coefficient (Wildman–Crippen LogP) is 3.80. The molecule has 1 atom stereocenters. The molecule has 1 saturated carbocycles. The molecule has 0 aromatic carbocycles.